The molecule has 2 aromatic carbocycles. The maximum atomic E-state index is 12.2. The molecule has 0 unspecified atom stereocenters. The molecule has 0 radical (unpaired) electrons. The molecule has 19 heavy (non-hydrogen) atoms. The number of carbonyl (C=O) groups excluding carboxylic acids is 2. The van der Waals surface area contributed by atoms with E-state index in [4.69, 9.17) is 0 Å². The maximum absolute atomic E-state index is 12.2. The molecule has 3 rings (SSSR count). The van der Waals surface area contributed by atoms with Crippen LogP contribution < -0.4 is 0 Å². The van der Waals surface area contributed by atoms with Gasteiger partial charge in [-0.2, -0.15) is 0 Å². The van der Waals surface area contributed by atoms with Gasteiger partial charge < -0.3 is 10.2 Å². The van der Waals surface area contributed by atoms with Crippen molar-refractivity contribution in [3.05, 3.63) is 58.7 Å². The summed E-state index contributed by atoms with van der Waals surface area (Å²) in [7, 11) is 0. The molecule has 0 atom stereocenters. The summed E-state index contributed by atoms with van der Waals surface area (Å²) in [5.41, 5.74) is 0.559. The van der Waals surface area contributed by atoms with E-state index >= 15 is 0 Å². The number of aromatic hydroxyl groups is 2. The molecule has 2 aromatic rings. The molecular weight excluding hydrogens is 255 g/mol. The minimum atomic E-state index is -0.541. The monoisotopic (exact) mass is 264 g/mol. The first-order valence-electron chi connectivity index (χ1n) is 5.34. The molecule has 0 aromatic heterocycles. The number of benzene rings is 2. The fourth-order valence-corrected chi connectivity index (χ4v) is 2.16. The van der Waals surface area contributed by atoms with Gasteiger partial charge in [-0.25, -0.2) is 0 Å². The summed E-state index contributed by atoms with van der Waals surface area (Å²) < 4.78 is 0. The van der Waals surface area contributed by atoms with Gasteiger partial charge in [-0.15, -0.1) is 0 Å². The van der Waals surface area contributed by atoms with Gasteiger partial charge in [0.05, 0.1) is 5.56 Å². The van der Waals surface area contributed by atoms with E-state index in [2.05, 4.69) is 0 Å². The summed E-state index contributed by atoms with van der Waals surface area (Å²) in [6.07, 6.45) is 0. The van der Waals surface area contributed by atoms with E-state index in [9.17, 15) is 19.8 Å². The van der Waals surface area contributed by atoms with Gasteiger partial charge >= 0.3 is 29.6 Å². The second kappa shape index (κ2) is 4.81. The number of hydrogen-bond donors (Lipinski definition) is 2. The van der Waals surface area contributed by atoms with Gasteiger partial charge in [-0.1, -0.05) is 24.3 Å². The summed E-state index contributed by atoms with van der Waals surface area (Å²) in [5, 5.41) is 19.1. The molecule has 2 N–H and O–H groups in total. The van der Waals surface area contributed by atoms with Gasteiger partial charge in [0.2, 0.25) is 0 Å². The van der Waals surface area contributed by atoms with E-state index in [1.54, 1.807) is 18.2 Å². The number of carbonyl (C=O) groups is 2. The molecule has 0 amide bonds. The number of hydrogen-bond acceptors (Lipinski definition) is 4. The second-order valence-corrected chi connectivity index (χ2v) is 4.06. The molecule has 90 valence electrons. The molecule has 0 aliphatic heterocycles. The Hall–Kier alpha value is -1.62. The van der Waals surface area contributed by atoms with Gasteiger partial charge in [0, 0.05) is 16.7 Å². The predicted octanol–water partition coefficient (Wildman–Crippen LogP) is 1.22. The summed E-state index contributed by atoms with van der Waals surface area (Å²) in [6, 6.07) is 8.97. The fraction of sp³-hybridized carbons (Fsp3) is 0. The first-order valence-corrected chi connectivity index (χ1v) is 5.34. The summed E-state index contributed by atoms with van der Waals surface area (Å²) in [6.45, 7) is 0. The molecule has 5 heteroatoms. The Bertz CT molecular complexity index is 707. The van der Waals surface area contributed by atoms with E-state index in [-0.39, 0.29) is 52.0 Å². The third-order valence-electron chi connectivity index (χ3n) is 3.04. The Morgan fingerprint density at radius 2 is 1.32 bits per heavy atom. The van der Waals surface area contributed by atoms with Crippen molar-refractivity contribution in [2.75, 3.05) is 0 Å². The third kappa shape index (κ3) is 1.89. The summed E-state index contributed by atoms with van der Waals surface area (Å²) in [5.74, 6) is -1.72. The number of ketones is 2. The van der Waals surface area contributed by atoms with Crippen molar-refractivity contribution in [3.63, 3.8) is 0 Å². The van der Waals surface area contributed by atoms with E-state index in [1.807, 2.05) is 0 Å². The number of phenolic OH excluding ortho intramolecular Hbond substituents is 2. The predicted molar refractivity (Wildman–Crippen MR) is 70.2 cm³/mol. The topological polar surface area (TPSA) is 74.6 Å². The quantitative estimate of drug-likeness (QED) is 0.473. The molecule has 0 saturated carbocycles. The van der Waals surface area contributed by atoms with E-state index in [0.717, 1.165) is 0 Å². The molecule has 0 saturated heterocycles. The van der Waals surface area contributed by atoms with Crippen LogP contribution in [0.1, 0.15) is 31.8 Å². The Morgan fingerprint density at radius 3 is 1.95 bits per heavy atom. The van der Waals surface area contributed by atoms with Crippen molar-refractivity contribution >= 4 is 41.1 Å². The molecule has 4 nitrogen and oxygen atoms in total. The summed E-state index contributed by atoms with van der Waals surface area (Å²) >= 11 is 0. The zero-order chi connectivity index (χ0) is 12.9. The van der Waals surface area contributed by atoms with Crippen LogP contribution in [0, 0.1) is 0 Å². The van der Waals surface area contributed by atoms with Crippen LogP contribution in [0.3, 0.4) is 0 Å². The average molecular weight is 264 g/mol. The van der Waals surface area contributed by atoms with Crippen LogP contribution in [0.4, 0.5) is 0 Å². The van der Waals surface area contributed by atoms with Crippen molar-refractivity contribution in [3.8, 4) is 11.5 Å². The number of fused-ring (bicyclic) bond motifs is 2. The zero-order valence-corrected chi connectivity index (χ0v) is 9.18. The van der Waals surface area contributed by atoms with Crippen LogP contribution in [-0.2, 0) is 0 Å². The van der Waals surface area contributed by atoms with Gasteiger partial charge in [-0.3, -0.25) is 9.59 Å². The van der Waals surface area contributed by atoms with Crippen LogP contribution >= 0.6 is 0 Å². The Balaban J connectivity index is 0.00000133. The molecule has 1 aliphatic carbocycles. The van der Waals surface area contributed by atoms with Crippen LogP contribution in [0.15, 0.2) is 36.4 Å². The molecule has 1 aliphatic rings. The Morgan fingerprint density at radius 1 is 0.737 bits per heavy atom. The second-order valence-electron chi connectivity index (χ2n) is 4.06. The van der Waals surface area contributed by atoms with E-state index < -0.39 is 17.3 Å². The van der Waals surface area contributed by atoms with Crippen LogP contribution in [0.5, 0.6) is 11.5 Å². The third-order valence-corrected chi connectivity index (χ3v) is 3.04. The number of phenols is 2. The molecule has 0 heterocycles. The van der Waals surface area contributed by atoms with E-state index in [1.165, 1.54) is 18.2 Å². The van der Waals surface area contributed by atoms with Gasteiger partial charge in [0.15, 0.2) is 23.1 Å². The van der Waals surface area contributed by atoms with Crippen molar-refractivity contribution in [1.29, 1.82) is 0 Å². The average Bonchev–Trinajstić information content (AvgIpc) is 2.39. The molecular formula is C14H9NaO4. The first-order chi connectivity index (χ1) is 8.61. The normalized spacial score (nSPS) is 12.4. The van der Waals surface area contributed by atoms with Crippen LogP contribution in [-0.4, -0.2) is 51.3 Å². The van der Waals surface area contributed by atoms with Gasteiger partial charge in [0.1, 0.15) is 0 Å². The summed E-state index contributed by atoms with van der Waals surface area (Å²) in [4.78, 5) is 24.4. The Kier molecular flexibility index (Phi) is 3.49. The standard InChI is InChI=1S/C14H8O4.Na.H/c15-10-6-5-9-11(14(10)18)13(17)8-4-2-1-3-7(8)12(9)16;;/h1-6,15,18H;;. The fourth-order valence-electron chi connectivity index (χ4n) is 2.16. The SMILES string of the molecule is O=C1c2ccccc2C(=O)c2c1ccc(O)c2O.[NaH]. The van der Waals surface area contributed by atoms with Gasteiger partial charge in [-0.05, 0) is 12.1 Å². The number of rotatable bonds is 0. The van der Waals surface area contributed by atoms with Crippen molar-refractivity contribution in [1.82, 2.24) is 0 Å². The Labute approximate surface area is 131 Å². The van der Waals surface area contributed by atoms with Crippen molar-refractivity contribution < 1.29 is 19.8 Å². The van der Waals surface area contributed by atoms with Crippen molar-refractivity contribution in [2.24, 2.45) is 0 Å². The van der Waals surface area contributed by atoms with Crippen LogP contribution in [0.2, 0.25) is 0 Å². The first kappa shape index (κ1) is 13.8. The molecule has 0 fully saturated rings. The minimum absolute atomic E-state index is 0. The zero-order valence-electron chi connectivity index (χ0n) is 9.18. The molecule has 0 spiro atoms. The van der Waals surface area contributed by atoms with E-state index in [0.29, 0.717) is 5.56 Å². The van der Waals surface area contributed by atoms with Crippen molar-refractivity contribution in [2.45, 2.75) is 0 Å². The van der Waals surface area contributed by atoms with Crippen LogP contribution in [0.25, 0.3) is 0 Å². The molecule has 0 bridgehead atoms. The van der Waals surface area contributed by atoms with Gasteiger partial charge in [0.25, 0.3) is 0 Å².